The number of hydrogen-bond acceptors (Lipinski definition) is 5. The summed E-state index contributed by atoms with van der Waals surface area (Å²) in [7, 11) is 0. The molecule has 0 radical (unpaired) electrons. The normalized spacial score (nSPS) is 14.9. The van der Waals surface area contributed by atoms with Gasteiger partial charge < -0.3 is 10.2 Å². The van der Waals surface area contributed by atoms with Crippen LogP contribution < -0.4 is 10.2 Å². The lowest BCUT2D eigenvalue weighted by atomic mass is 9.87. The maximum absolute atomic E-state index is 12.7. The number of imidazole rings is 1. The van der Waals surface area contributed by atoms with Crippen LogP contribution in [0.3, 0.4) is 0 Å². The zero-order valence-corrected chi connectivity index (χ0v) is 20.6. The summed E-state index contributed by atoms with van der Waals surface area (Å²) in [5.74, 6) is 1.93. The minimum absolute atomic E-state index is 0.0502. The van der Waals surface area contributed by atoms with Gasteiger partial charge in [0, 0.05) is 31.0 Å². The van der Waals surface area contributed by atoms with E-state index in [0.29, 0.717) is 22.9 Å². The quantitative estimate of drug-likeness (QED) is 0.439. The molecule has 180 valence electrons. The molecule has 1 aliphatic heterocycles. The summed E-state index contributed by atoms with van der Waals surface area (Å²) in [5.41, 5.74) is 3.87. The molecule has 0 bridgehead atoms. The third kappa shape index (κ3) is 5.34. The average molecular weight is 469 g/mol. The average Bonchev–Trinajstić information content (AvgIpc) is 3.26. The summed E-state index contributed by atoms with van der Waals surface area (Å²) < 4.78 is 1.75. The Bertz CT molecular complexity index is 1300. The first-order chi connectivity index (χ1) is 16.8. The van der Waals surface area contributed by atoms with Crippen molar-refractivity contribution in [3.63, 3.8) is 0 Å². The summed E-state index contributed by atoms with van der Waals surface area (Å²) in [4.78, 5) is 23.8. The molecular formula is C28H32N6O. The van der Waals surface area contributed by atoms with E-state index in [1.165, 1.54) is 11.1 Å². The molecule has 7 heteroatoms. The van der Waals surface area contributed by atoms with E-state index in [0.717, 1.165) is 38.2 Å². The number of carbonyl (C=O) groups is 1. The first-order valence-corrected chi connectivity index (χ1v) is 12.3. The SMILES string of the molecule is CC(C)(C)c1ccc(C(=O)Nc2cn3nc(N4CCC(Cc5cccnc5)CC4)ccc3n2)cc1. The van der Waals surface area contributed by atoms with Gasteiger partial charge in [0.1, 0.15) is 5.82 Å². The van der Waals surface area contributed by atoms with Crippen LogP contribution in [0.5, 0.6) is 0 Å². The summed E-state index contributed by atoms with van der Waals surface area (Å²) in [6.45, 7) is 8.43. The van der Waals surface area contributed by atoms with E-state index in [9.17, 15) is 4.79 Å². The molecule has 3 aromatic heterocycles. The largest absolute Gasteiger partial charge is 0.355 e. The number of rotatable bonds is 5. The number of nitrogens with one attached hydrogen (secondary N) is 1. The zero-order chi connectivity index (χ0) is 24.4. The van der Waals surface area contributed by atoms with Gasteiger partial charge in [0.05, 0.1) is 6.20 Å². The van der Waals surface area contributed by atoms with E-state index in [-0.39, 0.29) is 11.3 Å². The van der Waals surface area contributed by atoms with E-state index in [4.69, 9.17) is 5.10 Å². The number of piperidine rings is 1. The van der Waals surface area contributed by atoms with Crippen LogP contribution in [0.2, 0.25) is 0 Å². The molecule has 1 amide bonds. The molecule has 4 heterocycles. The van der Waals surface area contributed by atoms with Gasteiger partial charge in [-0.25, -0.2) is 9.50 Å². The minimum atomic E-state index is -0.176. The Morgan fingerprint density at radius 2 is 1.83 bits per heavy atom. The molecule has 0 aliphatic carbocycles. The highest BCUT2D eigenvalue weighted by Crippen LogP contribution is 2.25. The molecule has 7 nitrogen and oxygen atoms in total. The fourth-order valence-corrected chi connectivity index (χ4v) is 4.63. The van der Waals surface area contributed by atoms with Crippen molar-refractivity contribution in [2.24, 2.45) is 5.92 Å². The molecule has 1 aromatic carbocycles. The maximum atomic E-state index is 12.7. The molecule has 0 unspecified atom stereocenters. The number of aromatic nitrogens is 4. The van der Waals surface area contributed by atoms with Crippen molar-refractivity contribution in [1.29, 1.82) is 0 Å². The molecule has 5 rings (SSSR count). The van der Waals surface area contributed by atoms with E-state index in [2.05, 4.69) is 47.0 Å². The zero-order valence-electron chi connectivity index (χ0n) is 20.6. The number of anilines is 2. The standard InChI is InChI=1S/C28H32N6O/c1-28(2,3)23-8-6-22(7-9-23)27(35)31-24-19-34-25(30-24)10-11-26(32-34)33-15-12-20(13-16-33)17-21-5-4-14-29-18-21/h4-11,14,18-20H,12-13,15-17H2,1-3H3,(H,31,35). The number of fused-ring (bicyclic) bond motifs is 1. The minimum Gasteiger partial charge on any atom is -0.355 e. The van der Waals surface area contributed by atoms with Crippen molar-refractivity contribution < 1.29 is 4.79 Å². The van der Waals surface area contributed by atoms with Crippen LogP contribution in [0.15, 0.2) is 67.1 Å². The molecule has 0 atom stereocenters. The lowest BCUT2D eigenvalue weighted by molar-refractivity contribution is 0.102. The number of carbonyl (C=O) groups excluding carboxylic acids is 1. The van der Waals surface area contributed by atoms with Gasteiger partial charge in [-0.2, -0.15) is 0 Å². The van der Waals surface area contributed by atoms with Crippen LogP contribution in [-0.2, 0) is 11.8 Å². The van der Waals surface area contributed by atoms with Crippen molar-refractivity contribution in [3.05, 3.63) is 83.8 Å². The highest BCUT2D eigenvalue weighted by molar-refractivity contribution is 6.03. The van der Waals surface area contributed by atoms with Crippen molar-refractivity contribution in [1.82, 2.24) is 19.6 Å². The molecular weight excluding hydrogens is 436 g/mol. The smallest absolute Gasteiger partial charge is 0.256 e. The highest BCUT2D eigenvalue weighted by atomic mass is 16.1. The van der Waals surface area contributed by atoms with Gasteiger partial charge in [-0.3, -0.25) is 9.78 Å². The summed E-state index contributed by atoms with van der Waals surface area (Å²) in [6.07, 6.45) is 8.91. The monoisotopic (exact) mass is 468 g/mol. The molecule has 1 saturated heterocycles. The third-order valence-electron chi connectivity index (χ3n) is 6.75. The van der Waals surface area contributed by atoms with Gasteiger partial charge in [-0.05, 0) is 72.1 Å². The predicted molar refractivity (Wildman–Crippen MR) is 139 cm³/mol. The Labute approximate surface area is 206 Å². The van der Waals surface area contributed by atoms with Gasteiger partial charge >= 0.3 is 0 Å². The van der Waals surface area contributed by atoms with Crippen molar-refractivity contribution in [2.45, 2.75) is 45.4 Å². The van der Waals surface area contributed by atoms with Crippen LogP contribution in [0, 0.1) is 5.92 Å². The number of amides is 1. The Kier molecular flexibility index (Phi) is 6.24. The summed E-state index contributed by atoms with van der Waals surface area (Å²) >= 11 is 0. The Morgan fingerprint density at radius 1 is 1.06 bits per heavy atom. The number of hydrogen-bond donors (Lipinski definition) is 1. The first kappa shape index (κ1) is 23.0. The van der Waals surface area contributed by atoms with E-state index in [1.807, 2.05) is 54.9 Å². The second kappa shape index (κ2) is 9.49. The van der Waals surface area contributed by atoms with Gasteiger partial charge in [0.2, 0.25) is 0 Å². The molecule has 1 aliphatic rings. The van der Waals surface area contributed by atoms with Crippen LogP contribution in [0.1, 0.15) is 55.1 Å². The van der Waals surface area contributed by atoms with Crippen LogP contribution in [0.25, 0.3) is 5.65 Å². The Hall–Kier alpha value is -3.74. The fraction of sp³-hybridized carbons (Fsp3) is 0.357. The molecule has 1 N–H and O–H groups in total. The van der Waals surface area contributed by atoms with Crippen LogP contribution in [-0.4, -0.2) is 38.6 Å². The summed E-state index contributed by atoms with van der Waals surface area (Å²) in [5, 5.41) is 7.67. The third-order valence-corrected chi connectivity index (χ3v) is 6.75. The number of benzene rings is 1. The number of nitrogens with zero attached hydrogens (tertiary/aromatic N) is 5. The van der Waals surface area contributed by atoms with Crippen molar-refractivity contribution in [2.75, 3.05) is 23.3 Å². The maximum Gasteiger partial charge on any atom is 0.256 e. The fourth-order valence-electron chi connectivity index (χ4n) is 4.63. The van der Waals surface area contributed by atoms with E-state index in [1.54, 1.807) is 10.7 Å². The van der Waals surface area contributed by atoms with Gasteiger partial charge in [-0.15, -0.1) is 5.10 Å². The first-order valence-electron chi connectivity index (χ1n) is 12.3. The Morgan fingerprint density at radius 3 is 2.51 bits per heavy atom. The molecule has 0 saturated carbocycles. The molecule has 0 spiro atoms. The van der Waals surface area contributed by atoms with E-state index < -0.39 is 0 Å². The van der Waals surface area contributed by atoms with Crippen LogP contribution >= 0.6 is 0 Å². The van der Waals surface area contributed by atoms with Gasteiger partial charge in [-0.1, -0.05) is 39.0 Å². The number of pyridine rings is 1. The summed E-state index contributed by atoms with van der Waals surface area (Å²) in [6, 6.07) is 15.9. The van der Waals surface area contributed by atoms with Crippen molar-refractivity contribution >= 4 is 23.2 Å². The highest BCUT2D eigenvalue weighted by Gasteiger charge is 2.21. The van der Waals surface area contributed by atoms with Crippen LogP contribution in [0.4, 0.5) is 11.6 Å². The molecule has 4 aromatic rings. The Balaban J connectivity index is 1.22. The van der Waals surface area contributed by atoms with Crippen molar-refractivity contribution in [3.8, 4) is 0 Å². The second-order valence-corrected chi connectivity index (χ2v) is 10.4. The van der Waals surface area contributed by atoms with E-state index >= 15 is 0 Å². The molecule has 1 fully saturated rings. The lowest BCUT2D eigenvalue weighted by Gasteiger charge is -2.32. The lowest BCUT2D eigenvalue weighted by Crippen LogP contribution is -2.35. The predicted octanol–water partition coefficient (Wildman–Crippen LogP) is 5.13. The second-order valence-electron chi connectivity index (χ2n) is 10.4. The topological polar surface area (TPSA) is 75.4 Å². The molecule has 35 heavy (non-hydrogen) atoms. The van der Waals surface area contributed by atoms with Gasteiger partial charge in [0.15, 0.2) is 11.5 Å². The van der Waals surface area contributed by atoms with Gasteiger partial charge in [0.25, 0.3) is 5.91 Å².